The van der Waals surface area contributed by atoms with Gasteiger partial charge in [0.25, 0.3) is 0 Å². The number of alkyl halides is 3. The number of piperidine rings is 1. The summed E-state index contributed by atoms with van der Waals surface area (Å²) in [5, 5.41) is 0.445. The van der Waals surface area contributed by atoms with E-state index >= 15 is 0 Å². The van der Waals surface area contributed by atoms with E-state index < -0.39 is 11.1 Å². The van der Waals surface area contributed by atoms with Crippen LogP contribution in [-0.4, -0.2) is 43.6 Å². The standard InChI is InChI=1S/C12H18F3N3S/c1-17-5-3-4-9(7-17)8-18(2)11-16-6-10(19-11)12(13,14)15/h6,9H,3-5,7-8H2,1-2H3. The van der Waals surface area contributed by atoms with Crippen molar-refractivity contribution in [3.05, 3.63) is 11.1 Å². The molecule has 1 aliphatic heterocycles. The smallest absolute Gasteiger partial charge is 0.351 e. The van der Waals surface area contributed by atoms with E-state index in [1.807, 2.05) is 11.9 Å². The van der Waals surface area contributed by atoms with Crippen molar-refractivity contribution in [2.45, 2.75) is 19.0 Å². The zero-order valence-electron chi connectivity index (χ0n) is 11.1. The fourth-order valence-electron chi connectivity index (χ4n) is 2.46. The molecule has 2 heterocycles. The van der Waals surface area contributed by atoms with Crippen LogP contribution in [0.4, 0.5) is 18.3 Å². The lowest BCUT2D eigenvalue weighted by atomic mass is 9.98. The van der Waals surface area contributed by atoms with Gasteiger partial charge in [0.1, 0.15) is 4.88 Å². The van der Waals surface area contributed by atoms with Gasteiger partial charge >= 0.3 is 6.18 Å². The number of halogens is 3. The highest BCUT2D eigenvalue weighted by Crippen LogP contribution is 2.36. The number of aromatic nitrogens is 1. The Balaban J connectivity index is 1.96. The molecule has 1 aromatic heterocycles. The molecule has 0 aliphatic carbocycles. The molecular formula is C12H18F3N3S. The fourth-order valence-corrected chi connectivity index (χ4v) is 3.21. The molecular weight excluding hydrogens is 275 g/mol. The molecule has 7 heteroatoms. The van der Waals surface area contributed by atoms with E-state index in [1.165, 1.54) is 0 Å². The number of likely N-dealkylation sites (tertiary alicyclic amines) is 1. The van der Waals surface area contributed by atoms with Crippen LogP contribution in [0.2, 0.25) is 0 Å². The van der Waals surface area contributed by atoms with Crippen LogP contribution in [0, 0.1) is 5.92 Å². The summed E-state index contributed by atoms with van der Waals surface area (Å²) in [6.45, 7) is 2.87. The summed E-state index contributed by atoms with van der Waals surface area (Å²) in [4.78, 5) is 7.35. The molecule has 1 saturated heterocycles. The first kappa shape index (κ1) is 14.6. The van der Waals surface area contributed by atoms with Crippen LogP contribution in [0.1, 0.15) is 17.7 Å². The summed E-state index contributed by atoms with van der Waals surface area (Å²) in [5.41, 5.74) is 0. The van der Waals surface area contributed by atoms with Crippen LogP contribution in [0.5, 0.6) is 0 Å². The van der Waals surface area contributed by atoms with E-state index in [2.05, 4.69) is 16.9 Å². The summed E-state index contributed by atoms with van der Waals surface area (Å²) in [6, 6.07) is 0. The number of thiazole rings is 1. The third kappa shape index (κ3) is 3.82. The Hall–Kier alpha value is -0.820. The molecule has 108 valence electrons. The van der Waals surface area contributed by atoms with E-state index in [0.717, 1.165) is 38.7 Å². The van der Waals surface area contributed by atoms with E-state index in [1.54, 1.807) is 0 Å². The van der Waals surface area contributed by atoms with Crippen LogP contribution in [0.25, 0.3) is 0 Å². The monoisotopic (exact) mass is 293 g/mol. The zero-order chi connectivity index (χ0) is 14.0. The lowest BCUT2D eigenvalue weighted by molar-refractivity contribution is -0.134. The molecule has 0 amide bonds. The van der Waals surface area contributed by atoms with Crippen molar-refractivity contribution in [2.75, 3.05) is 38.6 Å². The summed E-state index contributed by atoms with van der Waals surface area (Å²) in [5.74, 6) is 0.502. The Labute approximate surface area is 115 Å². The van der Waals surface area contributed by atoms with Gasteiger partial charge in [-0.15, -0.1) is 0 Å². The lowest BCUT2D eigenvalue weighted by Gasteiger charge is -2.32. The number of anilines is 1. The van der Waals surface area contributed by atoms with Crippen molar-refractivity contribution in [3.8, 4) is 0 Å². The van der Waals surface area contributed by atoms with E-state index in [0.29, 0.717) is 22.4 Å². The first-order chi connectivity index (χ1) is 8.86. The normalized spacial score (nSPS) is 21.6. The Morgan fingerprint density at radius 1 is 1.53 bits per heavy atom. The fraction of sp³-hybridized carbons (Fsp3) is 0.750. The van der Waals surface area contributed by atoms with Crippen LogP contribution in [0.3, 0.4) is 0 Å². The second-order valence-electron chi connectivity index (χ2n) is 5.16. The molecule has 1 aliphatic rings. The third-order valence-electron chi connectivity index (χ3n) is 3.35. The largest absolute Gasteiger partial charge is 0.427 e. The molecule has 0 bridgehead atoms. The molecule has 0 saturated carbocycles. The van der Waals surface area contributed by atoms with E-state index in [-0.39, 0.29) is 0 Å². The molecule has 0 radical (unpaired) electrons. The van der Waals surface area contributed by atoms with Gasteiger partial charge in [-0.05, 0) is 32.4 Å². The van der Waals surface area contributed by atoms with Crippen LogP contribution >= 0.6 is 11.3 Å². The first-order valence-corrected chi connectivity index (χ1v) is 7.10. The predicted molar refractivity (Wildman–Crippen MR) is 70.6 cm³/mol. The topological polar surface area (TPSA) is 19.4 Å². The Morgan fingerprint density at radius 3 is 2.84 bits per heavy atom. The van der Waals surface area contributed by atoms with Gasteiger partial charge in [-0.3, -0.25) is 0 Å². The van der Waals surface area contributed by atoms with Gasteiger partial charge in [0.05, 0.1) is 6.20 Å². The SMILES string of the molecule is CN1CCCC(CN(C)c2ncc(C(F)(F)F)s2)C1. The van der Waals surface area contributed by atoms with Crippen molar-refractivity contribution >= 4 is 16.5 Å². The summed E-state index contributed by atoms with van der Waals surface area (Å²) in [7, 11) is 3.89. The van der Waals surface area contributed by atoms with Crippen LogP contribution < -0.4 is 4.90 Å². The molecule has 19 heavy (non-hydrogen) atoms. The minimum Gasteiger partial charge on any atom is -0.351 e. The van der Waals surface area contributed by atoms with Gasteiger partial charge in [0.15, 0.2) is 5.13 Å². The Bertz CT molecular complexity index is 419. The third-order valence-corrected chi connectivity index (χ3v) is 4.51. The van der Waals surface area contributed by atoms with Gasteiger partial charge < -0.3 is 9.80 Å². The van der Waals surface area contributed by atoms with E-state index in [9.17, 15) is 13.2 Å². The van der Waals surface area contributed by atoms with E-state index in [4.69, 9.17) is 0 Å². The second-order valence-corrected chi connectivity index (χ2v) is 6.16. The number of hydrogen-bond acceptors (Lipinski definition) is 4. The molecule has 1 aromatic rings. The van der Waals surface area contributed by atoms with Crippen molar-refractivity contribution < 1.29 is 13.2 Å². The average Bonchev–Trinajstić information content (AvgIpc) is 2.77. The van der Waals surface area contributed by atoms with Crippen molar-refractivity contribution in [3.63, 3.8) is 0 Å². The maximum absolute atomic E-state index is 12.5. The Kier molecular flexibility index (Phi) is 4.35. The summed E-state index contributed by atoms with van der Waals surface area (Å²) in [6.07, 6.45) is -1.09. The van der Waals surface area contributed by atoms with Crippen LogP contribution in [0.15, 0.2) is 6.20 Å². The number of nitrogens with zero attached hydrogens (tertiary/aromatic N) is 3. The minimum absolute atomic E-state index is 0.445. The molecule has 0 aromatic carbocycles. The molecule has 3 nitrogen and oxygen atoms in total. The average molecular weight is 293 g/mol. The summed E-state index contributed by atoms with van der Waals surface area (Å²) >= 11 is 0.714. The number of hydrogen-bond donors (Lipinski definition) is 0. The maximum Gasteiger partial charge on any atom is 0.427 e. The number of rotatable bonds is 3. The van der Waals surface area contributed by atoms with Crippen molar-refractivity contribution in [1.82, 2.24) is 9.88 Å². The molecule has 2 rings (SSSR count). The quantitative estimate of drug-likeness (QED) is 0.854. The van der Waals surface area contributed by atoms with Crippen LogP contribution in [-0.2, 0) is 6.18 Å². The van der Waals surface area contributed by atoms with Crippen molar-refractivity contribution in [2.24, 2.45) is 5.92 Å². The zero-order valence-corrected chi connectivity index (χ0v) is 11.9. The molecule has 1 unspecified atom stereocenters. The minimum atomic E-state index is -4.29. The van der Waals surface area contributed by atoms with Gasteiger partial charge in [0, 0.05) is 20.1 Å². The lowest BCUT2D eigenvalue weighted by Crippen LogP contribution is -2.38. The van der Waals surface area contributed by atoms with Gasteiger partial charge in [0.2, 0.25) is 0 Å². The Morgan fingerprint density at radius 2 is 2.26 bits per heavy atom. The predicted octanol–water partition coefficient (Wildman–Crippen LogP) is 2.94. The molecule has 0 spiro atoms. The molecule has 1 atom stereocenters. The van der Waals surface area contributed by atoms with Gasteiger partial charge in [-0.25, -0.2) is 4.98 Å². The maximum atomic E-state index is 12.5. The highest BCUT2D eigenvalue weighted by Gasteiger charge is 2.33. The second kappa shape index (κ2) is 5.66. The van der Waals surface area contributed by atoms with Gasteiger partial charge in [-0.2, -0.15) is 13.2 Å². The molecule has 1 fully saturated rings. The highest BCUT2D eigenvalue weighted by atomic mass is 32.1. The molecule has 0 N–H and O–H groups in total. The highest BCUT2D eigenvalue weighted by molar-refractivity contribution is 7.15. The summed E-state index contributed by atoms with van der Waals surface area (Å²) < 4.78 is 37.6. The first-order valence-electron chi connectivity index (χ1n) is 6.29. The van der Waals surface area contributed by atoms with Crippen molar-refractivity contribution in [1.29, 1.82) is 0 Å². The van der Waals surface area contributed by atoms with Gasteiger partial charge in [-0.1, -0.05) is 11.3 Å².